The van der Waals surface area contributed by atoms with Crippen molar-refractivity contribution < 1.29 is 0 Å². The fourth-order valence-electron chi connectivity index (χ4n) is 2.81. The summed E-state index contributed by atoms with van der Waals surface area (Å²) in [5.41, 5.74) is 0. The second-order valence-corrected chi connectivity index (χ2v) is 5.87. The minimum absolute atomic E-state index is 0.0187. The number of hydrogen-bond acceptors (Lipinski definition) is 3. The Morgan fingerprint density at radius 1 is 1.10 bits per heavy atom. The van der Waals surface area contributed by atoms with Crippen LogP contribution in [0.5, 0.6) is 0 Å². The van der Waals surface area contributed by atoms with E-state index in [-0.39, 0.29) is 6.04 Å². The van der Waals surface area contributed by atoms with Crippen molar-refractivity contribution in [2.24, 2.45) is 4.99 Å². The van der Waals surface area contributed by atoms with Crippen molar-refractivity contribution >= 4 is 5.84 Å². The fraction of sp³-hybridized carbons (Fsp3) is 0.882. The number of rotatable bonds is 11. The number of nitrogens with zero attached hydrogens (tertiary/aromatic N) is 3. The second kappa shape index (κ2) is 10.7. The maximum Gasteiger partial charge on any atom is 0.115 e. The molecule has 0 amide bonds. The zero-order valence-corrected chi connectivity index (χ0v) is 13.4. The van der Waals surface area contributed by atoms with Gasteiger partial charge in [0, 0.05) is 13.0 Å². The molecule has 0 aromatic heterocycles. The number of aliphatic imine (C=N–C) groups is 1. The van der Waals surface area contributed by atoms with E-state index in [9.17, 15) is 0 Å². The highest BCUT2D eigenvalue weighted by Gasteiger charge is 2.20. The molecule has 0 saturated carbocycles. The molecule has 114 valence electrons. The third-order valence-corrected chi connectivity index (χ3v) is 4.13. The number of hydrogen-bond donors (Lipinski definition) is 0. The average molecular weight is 277 g/mol. The maximum absolute atomic E-state index is 9.00. The first-order chi connectivity index (χ1) is 9.79. The van der Waals surface area contributed by atoms with Gasteiger partial charge in [0.2, 0.25) is 0 Å². The summed E-state index contributed by atoms with van der Waals surface area (Å²) in [6, 6.07) is 2.30. The van der Waals surface area contributed by atoms with Gasteiger partial charge in [0.1, 0.15) is 11.9 Å². The lowest BCUT2D eigenvalue weighted by Crippen LogP contribution is -2.35. The summed E-state index contributed by atoms with van der Waals surface area (Å²) in [5.74, 6) is 1.17. The smallest absolute Gasteiger partial charge is 0.115 e. The summed E-state index contributed by atoms with van der Waals surface area (Å²) in [5, 5.41) is 9.00. The lowest BCUT2D eigenvalue weighted by molar-refractivity contribution is 0.408. The molecule has 0 aliphatic carbocycles. The van der Waals surface area contributed by atoms with Crippen LogP contribution in [0.4, 0.5) is 0 Å². The Hall–Kier alpha value is -1.04. The number of amidine groups is 1. The molecule has 1 heterocycles. The first kappa shape index (κ1) is 17.0. The van der Waals surface area contributed by atoms with Gasteiger partial charge >= 0.3 is 0 Å². The molecule has 0 saturated heterocycles. The summed E-state index contributed by atoms with van der Waals surface area (Å²) in [4.78, 5) is 6.72. The molecule has 20 heavy (non-hydrogen) atoms. The SMILES string of the molecule is CCCCCCCCCCCC1=NCCN1C(C)C#N. The van der Waals surface area contributed by atoms with Crippen LogP contribution in [-0.4, -0.2) is 29.9 Å². The van der Waals surface area contributed by atoms with E-state index in [0.717, 1.165) is 19.5 Å². The van der Waals surface area contributed by atoms with E-state index in [0.29, 0.717) is 0 Å². The molecule has 1 rings (SSSR count). The molecular formula is C17H31N3. The molecule has 0 spiro atoms. The van der Waals surface area contributed by atoms with E-state index in [1.54, 1.807) is 0 Å². The Labute approximate surface area is 125 Å². The number of unbranched alkanes of at least 4 members (excludes halogenated alkanes) is 8. The molecule has 1 aliphatic heterocycles. The summed E-state index contributed by atoms with van der Waals surface area (Å²) >= 11 is 0. The summed E-state index contributed by atoms with van der Waals surface area (Å²) in [6.45, 7) is 6.04. The Morgan fingerprint density at radius 3 is 2.30 bits per heavy atom. The first-order valence-electron chi connectivity index (χ1n) is 8.49. The van der Waals surface area contributed by atoms with Gasteiger partial charge in [-0.25, -0.2) is 0 Å². The van der Waals surface area contributed by atoms with Gasteiger partial charge in [-0.1, -0.05) is 58.3 Å². The average Bonchev–Trinajstić information content (AvgIpc) is 2.93. The second-order valence-electron chi connectivity index (χ2n) is 5.87. The topological polar surface area (TPSA) is 39.4 Å². The molecule has 1 aliphatic rings. The van der Waals surface area contributed by atoms with Crippen molar-refractivity contribution in [1.29, 1.82) is 5.26 Å². The van der Waals surface area contributed by atoms with Gasteiger partial charge in [-0.2, -0.15) is 5.26 Å². The quantitative estimate of drug-likeness (QED) is 0.520. The molecular weight excluding hydrogens is 246 g/mol. The minimum atomic E-state index is -0.0187. The van der Waals surface area contributed by atoms with E-state index in [1.807, 2.05) is 6.92 Å². The highest BCUT2D eigenvalue weighted by Crippen LogP contribution is 2.14. The summed E-state index contributed by atoms with van der Waals surface area (Å²) in [7, 11) is 0. The first-order valence-corrected chi connectivity index (χ1v) is 8.49. The summed E-state index contributed by atoms with van der Waals surface area (Å²) < 4.78 is 0. The predicted octanol–water partition coefficient (Wildman–Crippen LogP) is 4.53. The van der Waals surface area contributed by atoms with E-state index in [2.05, 4.69) is 22.9 Å². The molecule has 3 heteroatoms. The van der Waals surface area contributed by atoms with Crippen LogP contribution in [0.1, 0.15) is 78.1 Å². The standard InChI is InChI=1S/C17H31N3/c1-3-4-5-6-7-8-9-10-11-12-17-19-13-14-20(17)16(2)15-18/h16H,3-14H2,1-2H3. The molecule has 0 fully saturated rings. The van der Waals surface area contributed by atoms with Crippen molar-refractivity contribution in [2.75, 3.05) is 13.1 Å². The molecule has 0 aromatic rings. The van der Waals surface area contributed by atoms with Crippen LogP contribution in [0.25, 0.3) is 0 Å². The summed E-state index contributed by atoms with van der Waals surface area (Å²) in [6.07, 6.45) is 13.3. The highest BCUT2D eigenvalue weighted by atomic mass is 15.3. The van der Waals surface area contributed by atoms with Crippen LogP contribution in [0.3, 0.4) is 0 Å². The predicted molar refractivity (Wildman–Crippen MR) is 85.9 cm³/mol. The third kappa shape index (κ3) is 6.41. The lowest BCUT2D eigenvalue weighted by atomic mass is 10.1. The van der Waals surface area contributed by atoms with Gasteiger partial charge in [0.05, 0.1) is 12.6 Å². The van der Waals surface area contributed by atoms with Gasteiger partial charge < -0.3 is 4.90 Å². The zero-order valence-electron chi connectivity index (χ0n) is 13.4. The fourth-order valence-corrected chi connectivity index (χ4v) is 2.81. The molecule has 0 bridgehead atoms. The molecule has 1 unspecified atom stereocenters. The van der Waals surface area contributed by atoms with E-state index >= 15 is 0 Å². The maximum atomic E-state index is 9.00. The van der Waals surface area contributed by atoms with Crippen molar-refractivity contribution in [3.05, 3.63) is 0 Å². The van der Waals surface area contributed by atoms with Crippen molar-refractivity contribution in [3.8, 4) is 6.07 Å². The number of nitriles is 1. The van der Waals surface area contributed by atoms with E-state index in [4.69, 9.17) is 5.26 Å². The monoisotopic (exact) mass is 277 g/mol. The minimum Gasteiger partial charge on any atom is -0.343 e. The van der Waals surface area contributed by atoms with Crippen LogP contribution in [0.15, 0.2) is 4.99 Å². The normalized spacial score (nSPS) is 16.1. The highest BCUT2D eigenvalue weighted by molar-refractivity contribution is 5.84. The molecule has 0 radical (unpaired) electrons. The van der Waals surface area contributed by atoms with Gasteiger partial charge in [-0.3, -0.25) is 4.99 Å². The third-order valence-electron chi connectivity index (χ3n) is 4.13. The lowest BCUT2D eigenvalue weighted by Gasteiger charge is -2.22. The molecule has 0 N–H and O–H groups in total. The molecule has 3 nitrogen and oxygen atoms in total. The van der Waals surface area contributed by atoms with Gasteiger partial charge in [-0.15, -0.1) is 0 Å². The van der Waals surface area contributed by atoms with Crippen LogP contribution in [0, 0.1) is 11.3 Å². The van der Waals surface area contributed by atoms with E-state index < -0.39 is 0 Å². The Kier molecular flexibility index (Phi) is 9.11. The van der Waals surface area contributed by atoms with Crippen molar-refractivity contribution in [1.82, 2.24) is 4.90 Å². The molecule has 0 aromatic carbocycles. The van der Waals surface area contributed by atoms with Gasteiger partial charge in [0.25, 0.3) is 0 Å². The zero-order chi connectivity index (χ0) is 14.6. The van der Waals surface area contributed by atoms with Crippen LogP contribution < -0.4 is 0 Å². The Bertz CT molecular complexity index is 317. The van der Waals surface area contributed by atoms with Crippen LogP contribution in [0.2, 0.25) is 0 Å². The Morgan fingerprint density at radius 2 is 1.70 bits per heavy atom. The molecule has 1 atom stereocenters. The van der Waals surface area contributed by atoms with Crippen LogP contribution >= 0.6 is 0 Å². The Balaban J connectivity index is 2.00. The van der Waals surface area contributed by atoms with Crippen LogP contribution in [-0.2, 0) is 0 Å². The van der Waals surface area contributed by atoms with Crippen molar-refractivity contribution in [3.63, 3.8) is 0 Å². The largest absolute Gasteiger partial charge is 0.343 e. The van der Waals surface area contributed by atoms with Crippen molar-refractivity contribution in [2.45, 2.75) is 84.1 Å². The van der Waals surface area contributed by atoms with E-state index in [1.165, 1.54) is 63.6 Å². The van der Waals surface area contributed by atoms with Gasteiger partial charge in [0.15, 0.2) is 0 Å². The van der Waals surface area contributed by atoms with Gasteiger partial charge in [-0.05, 0) is 13.3 Å².